The fourth-order valence-corrected chi connectivity index (χ4v) is 10.9. The predicted molar refractivity (Wildman–Crippen MR) is 252 cm³/mol. The van der Waals surface area contributed by atoms with E-state index in [1.807, 2.05) is 25.9 Å². The molecule has 0 bridgehead atoms. The molecule has 3 aromatic rings. The van der Waals surface area contributed by atoms with Crippen molar-refractivity contribution in [3.05, 3.63) is 29.1 Å². The number of aromatic amines is 1. The van der Waals surface area contributed by atoms with Crippen LogP contribution < -0.4 is 0 Å². The average Bonchev–Trinajstić information content (AvgIpc) is 3.94. The monoisotopic (exact) mass is 1010 g/mol. The lowest BCUT2D eigenvalue weighted by Gasteiger charge is -2.49. The number of rotatable bonds is 10. The Hall–Kier alpha value is -3.79. The molecule has 3 saturated heterocycles. The van der Waals surface area contributed by atoms with Gasteiger partial charge in [-0.25, -0.2) is 15.0 Å². The normalized spacial score (nSPS) is 39.2. The Morgan fingerprint density at radius 3 is 2.26 bits per heavy atom. The summed E-state index contributed by atoms with van der Waals surface area (Å²) in [4.78, 5) is 58.9. The van der Waals surface area contributed by atoms with Gasteiger partial charge in [-0.15, -0.1) is 0 Å². The number of cyclic esters (lactones) is 1. The first-order valence-electron chi connectivity index (χ1n) is 23.6. The number of ether oxygens (including phenoxy) is 6. The van der Waals surface area contributed by atoms with Crippen molar-refractivity contribution in [1.29, 1.82) is 0 Å². The number of nitro groups is 1. The van der Waals surface area contributed by atoms with Gasteiger partial charge in [0, 0.05) is 44.4 Å². The summed E-state index contributed by atoms with van der Waals surface area (Å²) in [5.74, 6) is -5.17. The molecule has 0 spiro atoms. The molecule has 24 heteroatoms. The highest BCUT2D eigenvalue weighted by molar-refractivity contribution is 7.99. The highest BCUT2D eigenvalue weighted by atomic mass is 32.2. The number of carbonyl (C=O) groups excluding carboxylic acids is 2. The molecule has 0 aliphatic carbocycles. The lowest BCUT2D eigenvalue weighted by atomic mass is 9.74. The summed E-state index contributed by atoms with van der Waals surface area (Å²) in [7, 11) is 6.86. The van der Waals surface area contributed by atoms with E-state index >= 15 is 0 Å². The van der Waals surface area contributed by atoms with Crippen LogP contribution in [-0.4, -0.2) is 182 Å². The number of fused-ring (bicyclic) bond motifs is 1. The molecule has 6 rings (SSSR count). The van der Waals surface area contributed by atoms with Crippen LogP contribution in [-0.2, 0) is 45.1 Å². The van der Waals surface area contributed by atoms with Gasteiger partial charge in [0.1, 0.15) is 46.6 Å². The Labute approximate surface area is 412 Å². The van der Waals surface area contributed by atoms with E-state index in [1.165, 1.54) is 46.9 Å². The van der Waals surface area contributed by atoms with Gasteiger partial charge in [0.05, 0.1) is 54.0 Å². The number of aliphatic hydroxyl groups is 5. The minimum absolute atomic E-state index is 0.0936. The number of hydrogen-bond acceptors (Lipinski definition) is 21. The first kappa shape index (κ1) is 57.1. The number of likely N-dealkylation sites (N-methyl/N-ethyl adjacent to an activating group) is 1. The second-order valence-corrected chi connectivity index (χ2v) is 21.1. The Balaban J connectivity index is 0.000000395. The lowest BCUT2D eigenvalue weighted by molar-refractivity contribution is -0.392. The molecule has 6 N–H and O–H groups in total. The number of aryl methyl sites for hydroxylation is 1. The maximum Gasteiger partial charge on any atom is 0.396 e. The minimum Gasteiger partial charge on any atom is -0.459 e. The van der Waals surface area contributed by atoms with Crippen molar-refractivity contribution in [1.82, 2.24) is 34.4 Å². The molecule has 3 aromatic heterocycles. The third kappa shape index (κ3) is 12.3. The van der Waals surface area contributed by atoms with Crippen molar-refractivity contribution in [3.8, 4) is 0 Å². The van der Waals surface area contributed by atoms with E-state index in [0.29, 0.717) is 27.6 Å². The smallest absolute Gasteiger partial charge is 0.396 e. The molecule has 3 fully saturated rings. The van der Waals surface area contributed by atoms with Gasteiger partial charge in [-0.2, -0.15) is 0 Å². The van der Waals surface area contributed by atoms with Crippen LogP contribution in [0.25, 0.3) is 11.2 Å². The number of nitrogens with zero attached hydrogens (tertiary/aromatic N) is 7. The molecule has 0 radical (unpaired) electrons. The number of carbonyl (C=O) groups is 2. The molecule has 3 aliphatic heterocycles. The summed E-state index contributed by atoms with van der Waals surface area (Å²) in [5.41, 5.74) is -3.68. The number of hydrogen-bond donors (Lipinski definition) is 6. The minimum atomic E-state index is -1.99. The van der Waals surface area contributed by atoms with Gasteiger partial charge in [-0.1, -0.05) is 27.7 Å². The molecule has 0 amide bonds. The Bertz CT molecular complexity index is 2250. The van der Waals surface area contributed by atoms with Crippen molar-refractivity contribution >= 4 is 40.5 Å². The summed E-state index contributed by atoms with van der Waals surface area (Å²) < 4.78 is 38.6. The van der Waals surface area contributed by atoms with Crippen LogP contribution in [0.1, 0.15) is 94.9 Å². The molecule has 6 heterocycles. The summed E-state index contributed by atoms with van der Waals surface area (Å²) >= 11 is 1.15. The van der Waals surface area contributed by atoms with Gasteiger partial charge < -0.3 is 78.5 Å². The van der Waals surface area contributed by atoms with Gasteiger partial charge in [-0.3, -0.25) is 9.59 Å². The van der Waals surface area contributed by atoms with Gasteiger partial charge in [0.25, 0.3) is 0 Å². The zero-order valence-electron chi connectivity index (χ0n) is 42.6. The second kappa shape index (κ2) is 23.0. The Morgan fingerprint density at radius 2 is 1.64 bits per heavy atom. The van der Waals surface area contributed by atoms with Crippen LogP contribution in [0.4, 0.5) is 5.82 Å². The Morgan fingerprint density at radius 1 is 0.971 bits per heavy atom. The highest BCUT2D eigenvalue weighted by Crippen LogP contribution is 2.41. The number of methoxy groups -OCH3 is 1. The number of ketones is 1. The van der Waals surface area contributed by atoms with Crippen LogP contribution in [0.2, 0.25) is 0 Å². The summed E-state index contributed by atoms with van der Waals surface area (Å²) in [6, 6.07) is -0.324. The molecular weight excluding hydrogens is 937 g/mol. The van der Waals surface area contributed by atoms with Crippen molar-refractivity contribution in [2.24, 2.45) is 30.7 Å². The zero-order valence-corrected chi connectivity index (χ0v) is 43.4. The number of imidazole rings is 2. The predicted octanol–water partition coefficient (Wildman–Crippen LogP) is 2.93. The van der Waals surface area contributed by atoms with Crippen LogP contribution in [0.5, 0.6) is 0 Å². The fourth-order valence-electron chi connectivity index (χ4n) is 9.97. The number of aliphatic hydroxyl groups excluding tert-OH is 3. The average molecular weight is 1010 g/mol. The quantitative estimate of drug-likeness (QED) is 0.0736. The van der Waals surface area contributed by atoms with Crippen LogP contribution in [0.15, 0.2) is 29.0 Å². The Kier molecular flexibility index (Phi) is 18.7. The van der Waals surface area contributed by atoms with E-state index in [-0.39, 0.29) is 37.2 Å². The third-order valence-electron chi connectivity index (χ3n) is 14.2. The molecular formula is C46H74N8O15S. The van der Waals surface area contributed by atoms with E-state index in [0.717, 1.165) is 11.8 Å². The van der Waals surface area contributed by atoms with Gasteiger partial charge in [-0.05, 0) is 96.6 Å². The summed E-state index contributed by atoms with van der Waals surface area (Å²) in [6.07, 6.45) is -5.44. The largest absolute Gasteiger partial charge is 0.459 e. The second-order valence-electron chi connectivity index (χ2n) is 20.1. The number of aromatic nitrogens is 6. The molecule has 23 nitrogen and oxygen atoms in total. The topological polar surface area (TPSA) is 309 Å². The molecule has 70 heavy (non-hydrogen) atoms. The molecule has 18 atom stereocenters. The number of Topliss-reactive ketones (excluding diaryl/α,β-unsaturated/α-hetero) is 1. The van der Waals surface area contributed by atoms with Crippen LogP contribution in [0, 0.1) is 33.8 Å². The fraction of sp³-hybridized carbons (Fsp3) is 0.783. The van der Waals surface area contributed by atoms with Gasteiger partial charge in [0.15, 0.2) is 23.3 Å². The summed E-state index contributed by atoms with van der Waals surface area (Å²) in [5, 5.41) is 69.5. The van der Waals surface area contributed by atoms with Gasteiger partial charge >= 0.3 is 11.8 Å². The van der Waals surface area contributed by atoms with Crippen molar-refractivity contribution in [2.45, 2.75) is 189 Å². The van der Waals surface area contributed by atoms with Gasteiger partial charge in [0.2, 0.25) is 6.33 Å². The van der Waals surface area contributed by atoms with E-state index in [9.17, 15) is 45.2 Å². The zero-order chi connectivity index (χ0) is 52.4. The molecule has 394 valence electrons. The lowest BCUT2D eigenvalue weighted by Crippen LogP contribution is -2.61. The highest BCUT2D eigenvalue weighted by Gasteiger charge is 2.53. The maximum absolute atomic E-state index is 14.1. The SMILES string of the molecule is CC[C@H]1OC(=O)[C@H](C)[C@@H](O[C@H]2C[C@@](C)(OC)[C@@H](O)[C@H](C)O2)[C@H](C)[C@@H](O[C@@H]2O[C@H](C)C[C@H](N(C)C)[C@H]2O)[C@](C)(O)C[C@@H](C)C(=O)[C@H](C)[C@@H](O)[C@]1(C)O.Cn1cnc([N+](=O)[O-])c1Sc1ncnc2nc[nH]c12. The third-order valence-corrected chi connectivity index (χ3v) is 15.4. The first-order valence-corrected chi connectivity index (χ1v) is 24.5. The number of H-pyrrole nitrogens is 1. The first-order chi connectivity index (χ1) is 32.6. The van der Waals surface area contributed by atoms with E-state index < -0.39 is 112 Å². The van der Waals surface area contributed by atoms with Crippen molar-refractivity contribution < 1.29 is 68.5 Å². The number of esters is 1. The van der Waals surface area contributed by atoms with Crippen molar-refractivity contribution in [3.63, 3.8) is 0 Å². The maximum atomic E-state index is 14.1. The van der Waals surface area contributed by atoms with E-state index in [1.54, 1.807) is 53.2 Å². The molecule has 0 unspecified atom stereocenters. The number of nitrogens with one attached hydrogen (secondary N) is 1. The standard InChI is InChI=1S/C37H67NO13.C9H7N7O2S/c1-14-25-37(10,45)30(41)20(4)27(39)18(2)16-35(8,44)32(51-34-28(40)24(38(11)12)15-19(3)47-34)21(5)29(22(6)33(43)49-25)50-26-17-36(9,46-13)31(42)23(7)48-26;1-15-4-14-7(16(17)18)9(15)19-8-5-6(11-2-10-5)12-3-13-8/h18-26,28-32,34,40-42,44-45H,14-17H2,1-13H3;2-4H,1H3,(H,10,11,12,13)/t18-,19-,20+,21+,22-,23+,24+,25-,26+,28-,29+,30-,31+,32-,34+,35-,36-,37-;/m1./s1. The van der Waals surface area contributed by atoms with E-state index in [4.69, 9.17) is 28.4 Å². The summed E-state index contributed by atoms with van der Waals surface area (Å²) in [6.45, 7) is 16.3. The van der Waals surface area contributed by atoms with Crippen LogP contribution >= 0.6 is 11.8 Å². The van der Waals surface area contributed by atoms with Crippen molar-refractivity contribution in [2.75, 3.05) is 21.2 Å². The van der Waals surface area contributed by atoms with E-state index in [2.05, 4.69) is 24.9 Å². The molecule has 3 aliphatic rings. The molecule has 0 aromatic carbocycles. The van der Waals surface area contributed by atoms with Crippen LogP contribution in [0.3, 0.4) is 0 Å². The molecule has 0 saturated carbocycles.